The molecule has 1 heterocycles. The van der Waals surface area contributed by atoms with E-state index in [0.29, 0.717) is 5.92 Å². The zero-order valence-corrected chi connectivity index (χ0v) is 12.5. The monoisotopic (exact) mass is 273 g/mol. The lowest BCUT2D eigenvalue weighted by Gasteiger charge is -2.37. The predicted octanol–water partition coefficient (Wildman–Crippen LogP) is 2.10. The molecule has 1 aliphatic heterocycles. The summed E-state index contributed by atoms with van der Waals surface area (Å²) in [5.74, 6) is 0.505. The summed E-state index contributed by atoms with van der Waals surface area (Å²) in [6, 6.07) is 11.6. The molecule has 1 aromatic rings. The van der Waals surface area contributed by atoms with Crippen LogP contribution in [-0.4, -0.2) is 48.6 Å². The lowest BCUT2D eigenvalue weighted by molar-refractivity contribution is 0.111. The molecule has 2 aliphatic rings. The van der Waals surface area contributed by atoms with Crippen LogP contribution >= 0.6 is 0 Å². The molecular formula is C17H27N3. The summed E-state index contributed by atoms with van der Waals surface area (Å²) in [4.78, 5) is 5.25. The van der Waals surface area contributed by atoms with E-state index >= 15 is 0 Å². The molecule has 1 aliphatic carbocycles. The number of nitrogens with zero attached hydrogens (tertiary/aromatic N) is 2. The van der Waals surface area contributed by atoms with Crippen LogP contribution in [0.1, 0.15) is 31.4 Å². The van der Waals surface area contributed by atoms with Crippen molar-refractivity contribution in [3.8, 4) is 0 Å². The maximum atomic E-state index is 6.40. The summed E-state index contributed by atoms with van der Waals surface area (Å²) in [6.07, 6.45) is 2.85. The Labute approximate surface area is 122 Å². The van der Waals surface area contributed by atoms with Crippen LogP contribution in [-0.2, 0) is 0 Å². The van der Waals surface area contributed by atoms with E-state index in [1.807, 2.05) is 0 Å². The average molecular weight is 273 g/mol. The van der Waals surface area contributed by atoms with Crippen molar-refractivity contribution in [3.05, 3.63) is 35.9 Å². The standard InChI is InChI=1S/C17H27N3/c1-14(17(18)15-5-3-2-4-6-15)13-19-9-11-20(12-10-19)16-7-8-16/h2-6,14,16-17H,7-13,18H2,1H3. The molecule has 0 spiro atoms. The van der Waals surface area contributed by atoms with Crippen LogP contribution in [0.4, 0.5) is 0 Å². The molecule has 2 atom stereocenters. The fourth-order valence-corrected chi connectivity index (χ4v) is 3.28. The second-order valence-corrected chi connectivity index (χ2v) is 6.48. The van der Waals surface area contributed by atoms with Crippen molar-refractivity contribution >= 4 is 0 Å². The van der Waals surface area contributed by atoms with Gasteiger partial charge in [0, 0.05) is 44.8 Å². The van der Waals surface area contributed by atoms with Gasteiger partial charge in [-0.25, -0.2) is 0 Å². The summed E-state index contributed by atoms with van der Waals surface area (Å²) in [6.45, 7) is 8.32. The van der Waals surface area contributed by atoms with Crippen LogP contribution in [0.3, 0.4) is 0 Å². The first-order valence-electron chi connectivity index (χ1n) is 8.01. The Bertz CT molecular complexity index is 408. The minimum Gasteiger partial charge on any atom is -0.324 e. The Kier molecular flexibility index (Phi) is 4.39. The third-order valence-corrected chi connectivity index (χ3v) is 4.81. The third-order valence-electron chi connectivity index (χ3n) is 4.81. The molecule has 2 unspecified atom stereocenters. The average Bonchev–Trinajstić information content (AvgIpc) is 3.33. The molecule has 110 valence electrons. The fraction of sp³-hybridized carbons (Fsp3) is 0.647. The van der Waals surface area contributed by atoms with E-state index in [-0.39, 0.29) is 6.04 Å². The van der Waals surface area contributed by atoms with Gasteiger partial charge >= 0.3 is 0 Å². The highest BCUT2D eigenvalue weighted by atomic mass is 15.3. The van der Waals surface area contributed by atoms with Crippen molar-refractivity contribution in [1.82, 2.24) is 9.80 Å². The lowest BCUT2D eigenvalue weighted by atomic mass is 9.95. The molecular weight excluding hydrogens is 246 g/mol. The van der Waals surface area contributed by atoms with Gasteiger partial charge in [0.05, 0.1) is 0 Å². The number of benzene rings is 1. The zero-order valence-electron chi connectivity index (χ0n) is 12.5. The number of piperazine rings is 1. The van der Waals surface area contributed by atoms with Crippen molar-refractivity contribution < 1.29 is 0 Å². The maximum absolute atomic E-state index is 6.40. The first-order chi connectivity index (χ1) is 9.74. The highest BCUT2D eigenvalue weighted by molar-refractivity contribution is 5.19. The van der Waals surface area contributed by atoms with E-state index in [1.54, 1.807) is 0 Å². The Hall–Kier alpha value is -0.900. The molecule has 2 N–H and O–H groups in total. The Balaban J connectivity index is 1.48. The largest absolute Gasteiger partial charge is 0.324 e. The fourth-order valence-electron chi connectivity index (χ4n) is 3.28. The van der Waals surface area contributed by atoms with Gasteiger partial charge in [-0.2, -0.15) is 0 Å². The van der Waals surface area contributed by atoms with E-state index in [4.69, 9.17) is 5.73 Å². The van der Waals surface area contributed by atoms with E-state index in [1.165, 1.54) is 44.6 Å². The summed E-state index contributed by atoms with van der Waals surface area (Å²) >= 11 is 0. The molecule has 0 bridgehead atoms. The van der Waals surface area contributed by atoms with Crippen molar-refractivity contribution in [2.75, 3.05) is 32.7 Å². The van der Waals surface area contributed by atoms with E-state index < -0.39 is 0 Å². The molecule has 20 heavy (non-hydrogen) atoms. The van der Waals surface area contributed by atoms with Crippen LogP contribution in [0, 0.1) is 5.92 Å². The first-order valence-corrected chi connectivity index (χ1v) is 8.01. The van der Waals surface area contributed by atoms with Crippen LogP contribution < -0.4 is 5.73 Å². The molecule has 0 amide bonds. The molecule has 1 saturated carbocycles. The van der Waals surface area contributed by atoms with Crippen molar-refractivity contribution in [3.63, 3.8) is 0 Å². The van der Waals surface area contributed by atoms with Crippen molar-refractivity contribution in [2.24, 2.45) is 11.7 Å². The van der Waals surface area contributed by atoms with Gasteiger partial charge in [0.25, 0.3) is 0 Å². The van der Waals surface area contributed by atoms with Gasteiger partial charge in [0.15, 0.2) is 0 Å². The number of nitrogens with two attached hydrogens (primary N) is 1. The van der Waals surface area contributed by atoms with Crippen LogP contribution in [0.5, 0.6) is 0 Å². The minimum absolute atomic E-state index is 0.151. The number of hydrogen-bond donors (Lipinski definition) is 1. The molecule has 1 aromatic carbocycles. The second-order valence-electron chi connectivity index (χ2n) is 6.48. The Morgan fingerprint density at radius 3 is 2.35 bits per heavy atom. The highest BCUT2D eigenvalue weighted by Gasteiger charge is 2.31. The van der Waals surface area contributed by atoms with Gasteiger partial charge in [0.2, 0.25) is 0 Å². The van der Waals surface area contributed by atoms with Gasteiger partial charge in [-0.15, -0.1) is 0 Å². The van der Waals surface area contributed by atoms with Gasteiger partial charge < -0.3 is 10.6 Å². The van der Waals surface area contributed by atoms with Gasteiger partial charge in [-0.05, 0) is 24.3 Å². The third kappa shape index (κ3) is 3.40. The summed E-state index contributed by atoms with van der Waals surface area (Å²) in [7, 11) is 0. The van der Waals surface area contributed by atoms with Gasteiger partial charge in [-0.1, -0.05) is 37.3 Å². The molecule has 0 aromatic heterocycles. The molecule has 1 saturated heterocycles. The SMILES string of the molecule is CC(CN1CCN(C2CC2)CC1)C(N)c1ccccc1. The normalized spacial score (nSPS) is 24.5. The van der Waals surface area contributed by atoms with Gasteiger partial charge in [-0.3, -0.25) is 4.90 Å². The van der Waals surface area contributed by atoms with E-state index in [9.17, 15) is 0 Å². The Morgan fingerprint density at radius 1 is 1.10 bits per heavy atom. The summed E-state index contributed by atoms with van der Waals surface area (Å²) in [5, 5.41) is 0. The van der Waals surface area contributed by atoms with E-state index in [2.05, 4.69) is 47.1 Å². The zero-order chi connectivity index (χ0) is 13.9. The number of rotatable bonds is 5. The highest BCUT2D eigenvalue weighted by Crippen LogP contribution is 2.28. The van der Waals surface area contributed by atoms with Crippen LogP contribution in [0.25, 0.3) is 0 Å². The molecule has 2 fully saturated rings. The molecule has 3 heteroatoms. The topological polar surface area (TPSA) is 32.5 Å². The molecule has 3 rings (SSSR count). The van der Waals surface area contributed by atoms with Crippen molar-refractivity contribution in [2.45, 2.75) is 31.8 Å². The summed E-state index contributed by atoms with van der Waals surface area (Å²) < 4.78 is 0. The predicted molar refractivity (Wildman–Crippen MR) is 83.6 cm³/mol. The van der Waals surface area contributed by atoms with Crippen LogP contribution in [0.2, 0.25) is 0 Å². The second kappa shape index (κ2) is 6.25. The summed E-state index contributed by atoms with van der Waals surface area (Å²) in [5.41, 5.74) is 7.66. The first kappa shape index (κ1) is 14.1. The molecule has 3 nitrogen and oxygen atoms in total. The van der Waals surface area contributed by atoms with Gasteiger partial charge in [0.1, 0.15) is 0 Å². The maximum Gasteiger partial charge on any atom is 0.0333 e. The minimum atomic E-state index is 0.151. The number of hydrogen-bond acceptors (Lipinski definition) is 3. The van der Waals surface area contributed by atoms with Crippen LogP contribution in [0.15, 0.2) is 30.3 Å². The quantitative estimate of drug-likeness (QED) is 0.892. The smallest absolute Gasteiger partial charge is 0.0333 e. The Morgan fingerprint density at radius 2 is 1.75 bits per heavy atom. The van der Waals surface area contributed by atoms with Crippen molar-refractivity contribution in [1.29, 1.82) is 0 Å². The lowest BCUT2D eigenvalue weighted by Crippen LogP contribution is -2.48. The van der Waals surface area contributed by atoms with E-state index in [0.717, 1.165) is 12.6 Å². The molecule has 0 radical (unpaired) electrons.